The molecule has 0 aliphatic carbocycles. The molecule has 0 amide bonds. The van der Waals surface area contributed by atoms with Gasteiger partial charge in [-0.15, -0.1) is 0 Å². The maximum atomic E-state index is 13.6. The molecule has 78 valence electrons. The molecule has 1 aromatic carbocycles. The van der Waals surface area contributed by atoms with Crippen LogP contribution in [0.25, 0.3) is 5.69 Å². The van der Waals surface area contributed by atoms with Crippen LogP contribution >= 0.6 is 0 Å². The summed E-state index contributed by atoms with van der Waals surface area (Å²) in [5.74, 6) is -0.392. The largest absolute Gasteiger partial charge is 0.389 e. The van der Waals surface area contributed by atoms with Crippen molar-refractivity contribution in [2.24, 2.45) is 0 Å². The highest BCUT2D eigenvalue weighted by Gasteiger charge is 2.13. The number of aliphatic hydroxyl groups is 1. The van der Waals surface area contributed by atoms with Crippen LogP contribution in [0.3, 0.4) is 0 Å². The summed E-state index contributed by atoms with van der Waals surface area (Å²) >= 11 is 0. The summed E-state index contributed by atoms with van der Waals surface area (Å²) in [6, 6.07) is 6.32. The number of nitrogens with zero attached hydrogens (tertiary/aromatic N) is 2. The number of rotatable bonds is 2. The molecule has 1 N–H and O–H groups in total. The van der Waals surface area contributed by atoms with Crippen LogP contribution in [-0.2, 0) is 0 Å². The second kappa shape index (κ2) is 3.82. The lowest BCUT2D eigenvalue weighted by Gasteiger charge is -2.12. The van der Waals surface area contributed by atoms with Gasteiger partial charge in [-0.1, -0.05) is 12.1 Å². The van der Waals surface area contributed by atoms with Gasteiger partial charge in [0.05, 0.1) is 6.10 Å². The molecular weight excluding hydrogens is 195 g/mol. The zero-order chi connectivity index (χ0) is 10.8. The number of aliphatic hydroxyl groups excluding tert-OH is 1. The van der Waals surface area contributed by atoms with Crippen LogP contribution in [0.1, 0.15) is 18.6 Å². The highest BCUT2D eigenvalue weighted by atomic mass is 19.1. The lowest BCUT2D eigenvalue weighted by atomic mass is 10.1. The molecule has 15 heavy (non-hydrogen) atoms. The summed E-state index contributed by atoms with van der Waals surface area (Å²) < 4.78 is 15.0. The fraction of sp³-hybridized carbons (Fsp3) is 0.182. The van der Waals surface area contributed by atoms with E-state index in [1.807, 2.05) is 0 Å². The van der Waals surface area contributed by atoms with Gasteiger partial charge in [0.15, 0.2) is 0 Å². The normalized spacial score (nSPS) is 12.7. The fourth-order valence-corrected chi connectivity index (χ4v) is 1.51. The minimum atomic E-state index is -0.722. The quantitative estimate of drug-likeness (QED) is 0.816. The summed E-state index contributed by atoms with van der Waals surface area (Å²) in [5, 5.41) is 13.5. The first-order chi connectivity index (χ1) is 7.20. The number of halogens is 1. The molecular formula is C11H11FN2O. The lowest BCUT2D eigenvalue weighted by molar-refractivity contribution is 0.198. The molecule has 3 nitrogen and oxygen atoms in total. The molecule has 0 spiro atoms. The van der Waals surface area contributed by atoms with Crippen LogP contribution < -0.4 is 0 Å². The molecule has 4 heteroatoms. The van der Waals surface area contributed by atoms with Crippen LogP contribution in [0.2, 0.25) is 0 Å². The van der Waals surface area contributed by atoms with Crippen molar-refractivity contribution in [2.45, 2.75) is 13.0 Å². The van der Waals surface area contributed by atoms with Gasteiger partial charge in [-0.3, -0.25) is 0 Å². The summed E-state index contributed by atoms with van der Waals surface area (Å²) in [5.41, 5.74) is 0.830. The number of para-hydroxylation sites is 1. The van der Waals surface area contributed by atoms with E-state index in [1.165, 1.54) is 10.7 Å². The van der Waals surface area contributed by atoms with E-state index in [1.54, 1.807) is 37.5 Å². The van der Waals surface area contributed by atoms with Crippen molar-refractivity contribution >= 4 is 0 Å². The highest BCUT2D eigenvalue weighted by molar-refractivity contribution is 5.42. The lowest BCUT2D eigenvalue weighted by Crippen LogP contribution is -2.05. The van der Waals surface area contributed by atoms with Gasteiger partial charge in [0, 0.05) is 18.0 Å². The summed E-state index contributed by atoms with van der Waals surface area (Å²) in [7, 11) is 0. The molecule has 0 aliphatic rings. The van der Waals surface area contributed by atoms with Gasteiger partial charge in [0.25, 0.3) is 0 Å². The van der Waals surface area contributed by atoms with Crippen molar-refractivity contribution < 1.29 is 9.50 Å². The third kappa shape index (κ3) is 1.76. The van der Waals surface area contributed by atoms with E-state index >= 15 is 0 Å². The minimum absolute atomic E-state index is 0.303. The Kier molecular flexibility index (Phi) is 2.51. The van der Waals surface area contributed by atoms with Gasteiger partial charge >= 0.3 is 0 Å². The Morgan fingerprint density at radius 2 is 2.20 bits per heavy atom. The SMILES string of the molecule is C[C@H](O)c1cccc(F)c1-n1cccn1. The molecule has 0 aliphatic heterocycles. The maximum Gasteiger partial charge on any atom is 0.149 e. The average Bonchev–Trinajstić information content (AvgIpc) is 2.70. The Hall–Kier alpha value is -1.68. The van der Waals surface area contributed by atoms with Gasteiger partial charge < -0.3 is 5.11 Å². The van der Waals surface area contributed by atoms with Crippen molar-refractivity contribution in [3.8, 4) is 5.69 Å². The maximum absolute atomic E-state index is 13.6. The fourth-order valence-electron chi connectivity index (χ4n) is 1.51. The Labute approximate surface area is 86.8 Å². The Bertz CT molecular complexity index is 452. The molecule has 0 saturated heterocycles. The zero-order valence-electron chi connectivity index (χ0n) is 8.26. The summed E-state index contributed by atoms with van der Waals surface area (Å²) in [4.78, 5) is 0. The van der Waals surface area contributed by atoms with E-state index in [-0.39, 0.29) is 0 Å². The molecule has 1 aromatic heterocycles. The van der Waals surface area contributed by atoms with Gasteiger partial charge in [-0.25, -0.2) is 9.07 Å². The van der Waals surface area contributed by atoms with Gasteiger partial charge in [-0.05, 0) is 19.1 Å². The number of aromatic nitrogens is 2. The van der Waals surface area contributed by atoms with Crippen molar-refractivity contribution in [1.82, 2.24) is 9.78 Å². The van der Waals surface area contributed by atoms with Gasteiger partial charge in [0.1, 0.15) is 11.5 Å². The Morgan fingerprint density at radius 3 is 2.80 bits per heavy atom. The third-order valence-electron chi connectivity index (χ3n) is 2.20. The first-order valence-electron chi connectivity index (χ1n) is 4.66. The highest BCUT2D eigenvalue weighted by Crippen LogP contribution is 2.23. The molecule has 0 saturated carbocycles. The molecule has 0 radical (unpaired) electrons. The third-order valence-corrected chi connectivity index (χ3v) is 2.20. The molecule has 0 bridgehead atoms. The topological polar surface area (TPSA) is 38.0 Å². The number of hydrogen-bond acceptors (Lipinski definition) is 2. The predicted octanol–water partition coefficient (Wildman–Crippen LogP) is 2.06. The molecule has 2 aromatic rings. The van der Waals surface area contributed by atoms with Crippen LogP contribution in [0.5, 0.6) is 0 Å². The van der Waals surface area contributed by atoms with E-state index in [2.05, 4.69) is 5.10 Å². The van der Waals surface area contributed by atoms with E-state index in [4.69, 9.17) is 0 Å². The minimum Gasteiger partial charge on any atom is -0.389 e. The predicted molar refractivity (Wildman–Crippen MR) is 54.2 cm³/mol. The summed E-state index contributed by atoms with van der Waals surface area (Å²) in [6.45, 7) is 1.60. The second-order valence-corrected chi connectivity index (χ2v) is 3.30. The van der Waals surface area contributed by atoms with Gasteiger partial charge in [0.2, 0.25) is 0 Å². The molecule has 0 unspecified atom stereocenters. The number of benzene rings is 1. The van der Waals surface area contributed by atoms with Crippen molar-refractivity contribution in [3.05, 3.63) is 48.0 Å². The molecule has 0 fully saturated rings. The van der Waals surface area contributed by atoms with Crippen LogP contribution in [0, 0.1) is 5.82 Å². The van der Waals surface area contributed by atoms with Crippen LogP contribution in [-0.4, -0.2) is 14.9 Å². The van der Waals surface area contributed by atoms with Crippen LogP contribution in [0.4, 0.5) is 4.39 Å². The van der Waals surface area contributed by atoms with E-state index in [0.717, 1.165) is 0 Å². The number of hydrogen-bond donors (Lipinski definition) is 1. The van der Waals surface area contributed by atoms with E-state index < -0.39 is 11.9 Å². The first-order valence-corrected chi connectivity index (χ1v) is 4.66. The Balaban J connectivity index is 2.63. The average molecular weight is 206 g/mol. The zero-order valence-corrected chi connectivity index (χ0v) is 8.26. The molecule has 1 atom stereocenters. The standard InChI is InChI=1S/C11H11FN2O/c1-8(15)9-4-2-5-10(12)11(9)14-7-3-6-13-14/h2-8,15H,1H3/t8-/m0/s1. The van der Waals surface area contributed by atoms with E-state index in [9.17, 15) is 9.50 Å². The van der Waals surface area contributed by atoms with Gasteiger partial charge in [-0.2, -0.15) is 5.10 Å². The second-order valence-electron chi connectivity index (χ2n) is 3.30. The first kappa shape index (κ1) is 9.86. The smallest absolute Gasteiger partial charge is 0.149 e. The van der Waals surface area contributed by atoms with E-state index in [0.29, 0.717) is 11.3 Å². The molecule has 2 rings (SSSR count). The van der Waals surface area contributed by atoms with Crippen molar-refractivity contribution in [2.75, 3.05) is 0 Å². The Morgan fingerprint density at radius 1 is 1.40 bits per heavy atom. The van der Waals surface area contributed by atoms with Crippen molar-refractivity contribution in [3.63, 3.8) is 0 Å². The summed E-state index contributed by atoms with van der Waals surface area (Å²) in [6.07, 6.45) is 2.49. The molecule has 1 heterocycles. The monoisotopic (exact) mass is 206 g/mol. The van der Waals surface area contributed by atoms with Crippen LogP contribution in [0.15, 0.2) is 36.7 Å². The van der Waals surface area contributed by atoms with Crippen molar-refractivity contribution in [1.29, 1.82) is 0 Å².